The minimum Gasteiger partial charge on any atom is -0.0620 e. The zero-order chi connectivity index (χ0) is 10.3. The zero-order valence-corrected chi connectivity index (χ0v) is 9.67. The van der Waals surface area contributed by atoms with E-state index in [1.165, 1.54) is 12.0 Å². The van der Waals surface area contributed by atoms with Gasteiger partial charge in [0.15, 0.2) is 0 Å². The van der Waals surface area contributed by atoms with E-state index >= 15 is 0 Å². The second-order valence-corrected chi connectivity index (χ2v) is 5.67. The Morgan fingerprint density at radius 1 is 1.14 bits per heavy atom. The highest BCUT2D eigenvalue weighted by Gasteiger charge is 2.46. The van der Waals surface area contributed by atoms with Crippen molar-refractivity contribution in [3.8, 4) is 0 Å². The van der Waals surface area contributed by atoms with Gasteiger partial charge >= 0.3 is 0 Å². The average molecular weight is 188 g/mol. The first-order chi connectivity index (χ1) is 6.50. The lowest BCUT2D eigenvalue weighted by molar-refractivity contribution is 0.343. The van der Waals surface area contributed by atoms with Gasteiger partial charge in [0, 0.05) is 0 Å². The molecule has 1 fully saturated rings. The summed E-state index contributed by atoms with van der Waals surface area (Å²) < 4.78 is 0. The summed E-state index contributed by atoms with van der Waals surface area (Å²) in [5.41, 5.74) is 3.52. The normalized spacial score (nSPS) is 26.3. The van der Waals surface area contributed by atoms with Crippen LogP contribution in [0.1, 0.15) is 44.2 Å². The van der Waals surface area contributed by atoms with Crippen LogP contribution >= 0.6 is 0 Å². The molecule has 1 aliphatic carbocycles. The molecule has 0 nitrogen and oxygen atoms in total. The molecule has 0 aromatic heterocycles. The summed E-state index contributed by atoms with van der Waals surface area (Å²) >= 11 is 0. The van der Waals surface area contributed by atoms with Gasteiger partial charge in [-0.05, 0) is 41.7 Å². The van der Waals surface area contributed by atoms with E-state index in [1.54, 1.807) is 5.56 Å². The average Bonchev–Trinajstić information content (AvgIpc) is 2.83. The number of hydrogen-bond donors (Lipinski definition) is 0. The van der Waals surface area contributed by atoms with Gasteiger partial charge in [-0.15, -0.1) is 0 Å². The molecule has 0 amide bonds. The molecule has 1 aliphatic rings. The van der Waals surface area contributed by atoms with Crippen molar-refractivity contribution in [2.24, 2.45) is 11.3 Å². The van der Waals surface area contributed by atoms with Gasteiger partial charge in [-0.2, -0.15) is 0 Å². The quantitative estimate of drug-likeness (QED) is 0.621. The Balaban J connectivity index is 2.18. The molecule has 14 heavy (non-hydrogen) atoms. The van der Waals surface area contributed by atoms with E-state index in [0.717, 1.165) is 11.8 Å². The topological polar surface area (TPSA) is 0 Å². The SMILES string of the molecule is Cc1ccccc1[C@@H]1C[C@@H]1C(C)(C)C. The van der Waals surface area contributed by atoms with E-state index in [-0.39, 0.29) is 0 Å². The van der Waals surface area contributed by atoms with Gasteiger partial charge in [0.05, 0.1) is 0 Å². The Morgan fingerprint density at radius 2 is 1.79 bits per heavy atom. The van der Waals surface area contributed by atoms with E-state index < -0.39 is 0 Å². The smallest absolute Gasteiger partial charge is 0.0123 e. The van der Waals surface area contributed by atoms with E-state index in [1.807, 2.05) is 0 Å². The summed E-state index contributed by atoms with van der Waals surface area (Å²) in [7, 11) is 0. The molecule has 1 aromatic carbocycles. The Labute approximate surface area is 87.3 Å². The Kier molecular flexibility index (Phi) is 2.17. The molecule has 0 bridgehead atoms. The van der Waals surface area contributed by atoms with Gasteiger partial charge in [0.2, 0.25) is 0 Å². The second kappa shape index (κ2) is 3.12. The molecule has 1 saturated carbocycles. The lowest BCUT2D eigenvalue weighted by Gasteiger charge is -2.18. The standard InChI is InChI=1S/C14H20/c1-10-7-5-6-8-11(10)12-9-13(12)14(2,3)4/h5-8,12-13H,9H2,1-4H3/t12-,13-/m0/s1. The van der Waals surface area contributed by atoms with E-state index in [0.29, 0.717) is 5.41 Å². The van der Waals surface area contributed by atoms with Crippen LogP contribution in [-0.4, -0.2) is 0 Å². The summed E-state index contributed by atoms with van der Waals surface area (Å²) in [6, 6.07) is 8.83. The van der Waals surface area contributed by atoms with Crippen molar-refractivity contribution in [2.45, 2.75) is 40.0 Å². The van der Waals surface area contributed by atoms with Gasteiger partial charge in [-0.1, -0.05) is 45.0 Å². The van der Waals surface area contributed by atoms with E-state index in [9.17, 15) is 0 Å². The lowest BCUT2D eigenvalue weighted by atomic mass is 9.87. The maximum Gasteiger partial charge on any atom is -0.0123 e. The van der Waals surface area contributed by atoms with Gasteiger partial charge in [0.25, 0.3) is 0 Å². The van der Waals surface area contributed by atoms with Crippen molar-refractivity contribution in [3.63, 3.8) is 0 Å². The Morgan fingerprint density at radius 3 is 2.29 bits per heavy atom. The molecule has 2 rings (SSSR count). The van der Waals surface area contributed by atoms with Crippen LogP contribution in [0.4, 0.5) is 0 Å². The summed E-state index contributed by atoms with van der Waals surface area (Å²) in [5, 5.41) is 0. The van der Waals surface area contributed by atoms with Crippen molar-refractivity contribution in [1.82, 2.24) is 0 Å². The molecule has 0 N–H and O–H groups in total. The molecule has 0 heterocycles. The molecule has 0 saturated heterocycles. The minimum absolute atomic E-state index is 0.479. The monoisotopic (exact) mass is 188 g/mol. The third-order valence-electron chi connectivity index (χ3n) is 3.49. The molecular formula is C14H20. The first-order valence-electron chi connectivity index (χ1n) is 5.55. The maximum atomic E-state index is 2.36. The van der Waals surface area contributed by atoms with Crippen LogP contribution in [0.3, 0.4) is 0 Å². The number of rotatable bonds is 1. The van der Waals surface area contributed by atoms with Gasteiger partial charge in [-0.25, -0.2) is 0 Å². The van der Waals surface area contributed by atoms with Crippen LogP contribution in [0, 0.1) is 18.3 Å². The highest BCUT2D eigenvalue weighted by atomic mass is 14.5. The Bertz CT molecular complexity index is 330. The van der Waals surface area contributed by atoms with Gasteiger partial charge in [0.1, 0.15) is 0 Å². The highest BCUT2D eigenvalue weighted by molar-refractivity contribution is 5.34. The Hall–Kier alpha value is -0.780. The van der Waals surface area contributed by atoms with Crippen LogP contribution in [0.5, 0.6) is 0 Å². The van der Waals surface area contributed by atoms with Crippen LogP contribution in [-0.2, 0) is 0 Å². The highest BCUT2D eigenvalue weighted by Crippen LogP contribution is 2.57. The third kappa shape index (κ3) is 1.70. The first-order valence-corrected chi connectivity index (χ1v) is 5.55. The molecular weight excluding hydrogens is 168 g/mol. The number of aryl methyl sites for hydroxylation is 1. The van der Waals surface area contributed by atoms with Gasteiger partial charge in [-0.3, -0.25) is 0 Å². The van der Waals surface area contributed by atoms with Crippen LogP contribution in [0.15, 0.2) is 24.3 Å². The molecule has 2 atom stereocenters. The van der Waals surface area contributed by atoms with Crippen molar-refractivity contribution in [3.05, 3.63) is 35.4 Å². The fourth-order valence-electron chi connectivity index (χ4n) is 2.50. The van der Waals surface area contributed by atoms with E-state index in [4.69, 9.17) is 0 Å². The van der Waals surface area contributed by atoms with Crippen LogP contribution in [0.25, 0.3) is 0 Å². The largest absolute Gasteiger partial charge is 0.0620 e. The van der Waals surface area contributed by atoms with Crippen molar-refractivity contribution in [2.75, 3.05) is 0 Å². The van der Waals surface area contributed by atoms with Crippen LogP contribution in [0.2, 0.25) is 0 Å². The lowest BCUT2D eigenvalue weighted by Crippen LogP contribution is -2.09. The zero-order valence-electron chi connectivity index (χ0n) is 9.67. The predicted octanol–water partition coefficient (Wildman–Crippen LogP) is 4.14. The summed E-state index contributed by atoms with van der Waals surface area (Å²) in [6.45, 7) is 9.30. The molecule has 0 spiro atoms. The molecule has 1 aromatic rings. The molecule has 0 radical (unpaired) electrons. The van der Waals surface area contributed by atoms with E-state index in [2.05, 4.69) is 52.0 Å². The number of hydrogen-bond acceptors (Lipinski definition) is 0. The second-order valence-electron chi connectivity index (χ2n) is 5.67. The van der Waals surface area contributed by atoms with Gasteiger partial charge < -0.3 is 0 Å². The molecule has 76 valence electrons. The maximum absolute atomic E-state index is 2.36. The fraction of sp³-hybridized carbons (Fsp3) is 0.571. The first kappa shape index (κ1) is 9.76. The van der Waals surface area contributed by atoms with Crippen molar-refractivity contribution < 1.29 is 0 Å². The predicted molar refractivity (Wildman–Crippen MR) is 61.5 cm³/mol. The summed E-state index contributed by atoms with van der Waals surface area (Å²) in [6.07, 6.45) is 1.38. The fourth-order valence-corrected chi connectivity index (χ4v) is 2.50. The third-order valence-corrected chi connectivity index (χ3v) is 3.49. The van der Waals surface area contributed by atoms with Crippen molar-refractivity contribution >= 4 is 0 Å². The summed E-state index contributed by atoms with van der Waals surface area (Å²) in [5.74, 6) is 1.72. The minimum atomic E-state index is 0.479. The van der Waals surface area contributed by atoms with Crippen molar-refractivity contribution in [1.29, 1.82) is 0 Å². The molecule has 0 aliphatic heterocycles. The summed E-state index contributed by atoms with van der Waals surface area (Å²) in [4.78, 5) is 0. The molecule has 0 unspecified atom stereocenters. The molecule has 0 heteroatoms. The van der Waals surface area contributed by atoms with Crippen LogP contribution < -0.4 is 0 Å². The number of benzene rings is 1.